The number of carboxylic acids is 1. The molecule has 0 aromatic heterocycles. The highest BCUT2D eigenvalue weighted by molar-refractivity contribution is 6.10. The number of carboxylic acid groups (broad SMARTS) is 1. The van der Waals surface area contributed by atoms with Gasteiger partial charge >= 0.3 is 11.9 Å². The molecule has 0 bridgehead atoms. The molecule has 1 aliphatic carbocycles. The van der Waals surface area contributed by atoms with Crippen LogP contribution in [0.4, 0.5) is 5.69 Å². The van der Waals surface area contributed by atoms with Gasteiger partial charge in [-0.3, -0.25) is 52.7 Å². The standard InChI is InChI=1S/C62H88N12O17/c1-27(2)42(59(85)73-23-17-19-36(73)57(83)69(13)25-38(76)71(15)48(29(5)6)61(87)88)65-55(81)44(33(11)75)67-54(80)40-41(63)50(78)32(10)52-47(40)64-46-35(22-21-31(9)51(46)91-52)53(79)68-45-34(12)90-62(89)49(30(7)8)72(16)39(77)26-70(14)58(84)37-20-18-24-74(37)60(86)43(28(3)4)66-56(45)82/h21-22,27-30,33-34,36-37,42-45,48-49,75H,17-20,23-26,63H2,1-16H3,(H,65,81)(H,66,82)(H,67,80)(H,68,79)(H,87,88)/t33-,34-,36+,37+,42+,43+,44+,45+,48-,49-/m0/s1. The summed E-state index contributed by atoms with van der Waals surface area (Å²) in [6.07, 6.45) is -1.89. The zero-order chi connectivity index (χ0) is 68.3. The number of rotatable bonds is 17. The number of aliphatic carboxylic acids is 1. The van der Waals surface area contributed by atoms with Gasteiger partial charge in [0.05, 0.1) is 36.0 Å². The van der Waals surface area contributed by atoms with Gasteiger partial charge < -0.3 is 75.8 Å². The first-order valence-corrected chi connectivity index (χ1v) is 30.6. The number of fused-ring (bicyclic) bond motifs is 3. The number of carbonyl (C=O) groups excluding carboxylic acids is 11. The van der Waals surface area contributed by atoms with Crippen molar-refractivity contribution in [2.45, 2.75) is 169 Å². The summed E-state index contributed by atoms with van der Waals surface area (Å²) in [4.78, 5) is 194. The van der Waals surface area contributed by atoms with Crippen LogP contribution in [0.25, 0.3) is 22.6 Å². The molecule has 5 aliphatic rings. The second-order valence-corrected chi connectivity index (χ2v) is 25.5. The number of aliphatic hydroxyl groups excluding tert-OH is 1. The molecule has 0 radical (unpaired) electrons. The van der Waals surface area contributed by atoms with Gasteiger partial charge in [0, 0.05) is 46.8 Å². The molecule has 10 amide bonds. The SMILES string of the molecule is Cc1c2oc3c(C)ccc(C(=O)N[C@H]4C(=O)N[C@H](C(C)C)C(=O)N5CCC[C@@H]5C(=O)N(C)CC(=O)N(C)[C@@H](C(C)C)C(=O)O[C@H]4C)c3nc-2c(C(=O)N[C@@H](C(=O)N[C@@H](C(=O)N2CCC[C@@H]2C(=O)N(C)CC(=O)N(C)[C@H](C(=O)O)C(C)C)C(C)C)[C@H](C)O)c(N)c1=O. The molecule has 6 rings (SSSR count). The summed E-state index contributed by atoms with van der Waals surface area (Å²) < 4.78 is 12.3. The van der Waals surface area contributed by atoms with Crippen LogP contribution in [0.2, 0.25) is 0 Å². The molecule has 29 heteroatoms. The van der Waals surface area contributed by atoms with Crippen molar-refractivity contribution in [3.63, 3.8) is 0 Å². The topological polar surface area (TPSA) is 391 Å². The Morgan fingerprint density at radius 3 is 2.05 bits per heavy atom. The quantitative estimate of drug-likeness (QED) is 0.0541. The zero-order valence-electron chi connectivity index (χ0n) is 54.6. The highest BCUT2D eigenvalue weighted by Gasteiger charge is 2.46. The zero-order valence-corrected chi connectivity index (χ0v) is 54.6. The second-order valence-electron chi connectivity index (χ2n) is 25.5. The number of anilines is 1. The lowest BCUT2D eigenvalue weighted by molar-refractivity contribution is -0.163. The van der Waals surface area contributed by atoms with E-state index in [1.165, 1.54) is 75.8 Å². The Kier molecular flexibility index (Phi) is 22.7. The Morgan fingerprint density at radius 2 is 1.47 bits per heavy atom. The molecule has 1 aromatic rings. The van der Waals surface area contributed by atoms with Gasteiger partial charge in [-0.1, -0.05) is 61.5 Å². The van der Waals surface area contributed by atoms with Gasteiger partial charge in [0.2, 0.25) is 52.7 Å². The van der Waals surface area contributed by atoms with Crippen LogP contribution in [0.15, 0.2) is 21.3 Å². The number of carbonyl (C=O) groups is 12. The number of hydrogen-bond donors (Lipinski definition) is 7. The first kappa shape index (κ1) is 71.3. The largest absolute Gasteiger partial charge is 0.480 e. The van der Waals surface area contributed by atoms with Gasteiger partial charge in [0.1, 0.15) is 65.6 Å². The highest BCUT2D eigenvalue weighted by Crippen LogP contribution is 2.35. The van der Waals surface area contributed by atoms with Gasteiger partial charge in [-0.15, -0.1) is 0 Å². The van der Waals surface area contributed by atoms with Crippen LogP contribution >= 0.6 is 0 Å². The number of aliphatic hydroxyl groups is 1. The fourth-order valence-electron chi connectivity index (χ4n) is 12.0. The number of nitrogens with zero attached hydrogens (tertiary/aromatic N) is 7. The van der Waals surface area contributed by atoms with Gasteiger partial charge in [-0.05, 0) is 88.7 Å². The highest BCUT2D eigenvalue weighted by atomic mass is 16.5. The molecule has 4 aliphatic heterocycles. The Hall–Kier alpha value is -8.76. The van der Waals surface area contributed by atoms with E-state index in [-0.39, 0.29) is 53.9 Å². The third kappa shape index (κ3) is 15.0. The molecule has 1 aromatic carbocycles. The fraction of sp³-hybridized carbons (Fsp3) is 0.613. The molecule has 0 unspecified atom stereocenters. The molecule has 498 valence electrons. The van der Waals surface area contributed by atoms with Crippen LogP contribution in [0.5, 0.6) is 0 Å². The van der Waals surface area contributed by atoms with Crippen LogP contribution < -0.4 is 32.4 Å². The second kappa shape index (κ2) is 29.0. The molecule has 0 spiro atoms. The van der Waals surface area contributed by atoms with Crippen LogP contribution in [-0.4, -0.2) is 231 Å². The molecular formula is C62H88N12O17. The van der Waals surface area contributed by atoms with E-state index >= 15 is 0 Å². The number of esters is 1. The number of nitrogens with one attached hydrogen (secondary N) is 4. The van der Waals surface area contributed by atoms with E-state index in [0.29, 0.717) is 18.4 Å². The lowest BCUT2D eigenvalue weighted by Crippen LogP contribution is -2.61. The van der Waals surface area contributed by atoms with Crippen LogP contribution in [0.3, 0.4) is 0 Å². The average Bonchev–Trinajstić information content (AvgIpc) is 1.77. The van der Waals surface area contributed by atoms with Crippen LogP contribution in [-0.2, 0) is 52.7 Å². The number of aromatic nitrogens is 1. The van der Waals surface area contributed by atoms with Gasteiger partial charge in [0.15, 0.2) is 11.3 Å². The first-order chi connectivity index (χ1) is 42.4. The number of aryl methyl sites for hydroxylation is 1. The van der Waals surface area contributed by atoms with E-state index in [1.54, 1.807) is 62.3 Å². The maximum absolute atomic E-state index is 15.0. The molecular weight excluding hydrogens is 1180 g/mol. The van der Waals surface area contributed by atoms with E-state index in [0.717, 1.165) is 14.7 Å². The summed E-state index contributed by atoms with van der Waals surface area (Å²) >= 11 is 0. The smallest absolute Gasteiger partial charge is 0.329 e. The van der Waals surface area contributed by atoms with Crippen molar-refractivity contribution in [2.75, 3.05) is 60.1 Å². The summed E-state index contributed by atoms with van der Waals surface area (Å²) in [5, 5.41) is 31.3. The number of benzene rings is 2. The Labute approximate surface area is 527 Å². The Balaban J connectivity index is 1.34. The minimum absolute atomic E-state index is 0.0742. The predicted octanol–water partition coefficient (Wildman–Crippen LogP) is 0.246. The monoisotopic (exact) mass is 1270 g/mol. The number of amides is 10. The Morgan fingerprint density at radius 1 is 0.835 bits per heavy atom. The van der Waals surface area contributed by atoms with Crippen molar-refractivity contribution in [1.82, 2.24) is 55.7 Å². The van der Waals surface area contributed by atoms with E-state index in [1.807, 2.05) is 0 Å². The summed E-state index contributed by atoms with van der Waals surface area (Å²) in [5.74, 6) is -12.7. The lowest BCUT2D eigenvalue weighted by Gasteiger charge is -2.36. The van der Waals surface area contributed by atoms with E-state index < -0.39 is 191 Å². The average molecular weight is 1270 g/mol. The van der Waals surface area contributed by atoms with Crippen molar-refractivity contribution in [2.24, 2.45) is 23.7 Å². The molecule has 0 saturated carbocycles. The van der Waals surface area contributed by atoms with E-state index in [9.17, 15) is 72.5 Å². The molecule has 8 N–H and O–H groups in total. The molecule has 3 saturated heterocycles. The maximum Gasteiger partial charge on any atom is 0.329 e. The molecule has 91 heavy (non-hydrogen) atoms. The van der Waals surface area contributed by atoms with Gasteiger partial charge in [-0.2, -0.15) is 0 Å². The minimum Gasteiger partial charge on any atom is -0.480 e. The molecule has 29 nitrogen and oxygen atoms in total. The number of ether oxygens (including phenoxy) is 1. The van der Waals surface area contributed by atoms with Crippen molar-refractivity contribution < 1.29 is 76.9 Å². The molecule has 4 heterocycles. The van der Waals surface area contributed by atoms with Crippen molar-refractivity contribution >= 4 is 87.8 Å². The van der Waals surface area contributed by atoms with Crippen LogP contribution in [0, 0.1) is 37.5 Å². The number of likely N-dealkylation sites (N-methyl/N-ethyl adjacent to an activating group) is 4. The Bertz CT molecular complexity index is 3400. The summed E-state index contributed by atoms with van der Waals surface area (Å²) in [6, 6.07) is -7.91. The first-order valence-electron chi connectivity index (χ1n) is 30.6. The predicted molar refractivity (Wildman–Crippen MR) is 329 cm³/mol. The van der Waals surface area contributed by atoms with Crippen molar-refractivity contribution in [3.05, 3.63) is 44.6 Å². The maximum atomic E-state index is 15.0. The van der Waals surface area contributed by atoms with Crippen LogP contribution in [0.1, 0.15) is 127 Å². The third-order valence-electron chi connectivity index (χ3n) is 17.2. The number of hydrogen-bond acceptors (Lipinski definition) is 18. The van der Waals surface area contributed by atoms with Crippen molar-refractivity contribution in [1.29, 1.82) is 0 Å². The molecule has 3 fully saturated rings. The van der Waals surface area contributed by atoms with Gasteiger partial charge in [0.25, 0.3) is 11.8 Å². The van der Waals surface area contributed by atoms with Crippen molar-refractivity contribution in [3.8, 4) is 11.5 Å². The van der Waals surface area contributed by atoms with E-state index in [4.69, 9.17) is 19.9 Å². The molecule has 10 atom stereocenters. The number of nitrogens with two attached hydrogens (primary N) is 1. The van der Waals surface area contributed by atoms with E-state index in [2.05, 4.69) is 21.3 Å². The summed E-state index contributed by atoms with van der Waals surface area (Å²) in [6.45, 7) is 18.0. The third-order valence-corrected chi connectivity index (χ3v) is 17.2. The normalized spacial score (nSPS) is 21.8. The minimum atomic E-state index is -1.86. The number of likely N-dealkylation sites (tertiary alicyclic amines) is 1. The number of cyclic esters (lactones) is 1. The van der Waals surface area contributed by atoms with Gasteiger partial charge in [-0.25, -0.2) is 14.6 Å². The fourth-order valence-corrected chi connectivity index (χ4v) is 12.0. The lowest BCUT2D eigenvalue weighted by atomic mass is 9.98. The summed E-state index contributed by atoms with van der Waals surface area (Å²) in [5.41, 5.74) is 3.49. The summed E-state index contributed by atoms with van der Waals surface area (Å²) in [7, 11) is 5.47. The number of nitrogen functional groups attached to an aromatic ring is 1.